The van der Waals surface area contributed by atoms with Crippen LogP contribution in [0.4, 0.5) is 0 Å². The minimum absolute atomic E-state index is 0. The zero-order chi connectivity index (χ0) is 24.9. The van der Waals surface area contributed by atoms with Gasteiger partial charge in [-0.3, -0.25) is 4.79 Å². The molecule has 5 rings (SSSR count). The molecule has 8 heteroatoms. The molecule has 2 heterocycles. The molecule has 0 radical (unpaired) electrons. The molecule has 0 bridgehead atoms. The number of para-hydroxylation sites is 1. The highest BCUT2D eigenvalue weighted by Crippen LogP contribution is 2.31. The number of hydrazine groups is 1. The quantitative estimate of drug-likeness (QED) is 0.162. The molecule has 194 valence electrons. The van der Waals surface area contributed by atoms with Crippen LogP contribution >= 0.6 is 12.4 Å². The summed E-state index contributed by atoms with van der Waals surface area (Å²) in [6.07, 6.45) is 3.49. The summed E-state index contributed by atoms with van der Waals surface area (Å²) in [5.74, 6) is 0.0576. The molecular formula is C29H33ClN4O3. The number of nitrogens with zero attached hydrogens (tertiary/aromatic N) is 1. The summed E-state index contributed by atoms with van der Waals surface area (Å²) in [4.78, 5) is 15.1. The zero-order valence-corrected chi connectivity index (χ0v) is 21.6. The van der Waals surface area contributed by atoms with Crippen LogP contribution in [0.15, 0.2) is 85.1 Å². The molecule has 7 nitrogen and oxygen atoms in total. The lowest BCUT2D eigenvalue weighted by Crippen LogP contribution is -2.45. The summed E-state index contributed by atoms with van der Waals surface area (Å²) < 4.78 is 5.86. The van der Waals surface area contributed by atoms with Gasteiger partial charge in [0.25, 0.3) is 0 Å². The van der Waals surface area contributed by atoms with Gasteiger partial charge in [0.1, 0.15) is 18.4 Å². The lowest BCUT2D eigenvalue weighted by molar-refractivity contribution is -0.137. The van der Waals surface area contributed by atoms with Crippen LogP contribution in [0.1, 0.15) is 23.6 Å². The maximum atomic E-state index is 11.8. The van der Waals surface area contributed by atoms with Gasteiger partial charge in [0.15, 0.2) is 0 Å². The van der Waals surface area contributed by atoms with Gasteiger partial charge in [0.2, 0.25) is 0 Å². The first-order valence-electron chi connectivity index (χ1n) is 12.4. The number of nitrogens with one attached hydrogen (secondary N) is 3. The summed E-state index contributed by atoms with van der Waals surface area (Å²) in [5.41, 5.74) is 7.91. The van der Waals surface area contributed by atoms with Crippen molar-refractivity contribution in [2.45, 2.75) is 44.6 Å². The van der Waals surface area contributed by atoms with Gasteiger partial charge >= 0.3 is 5.97 Å². The Bertz CT molecular complexity index is 1300. The summed E-state index contributed by atoms with van der Waals surface area (Å²) in [5, 5.41) is 16.1. The molecule has 1 saturated heterocycles. The van der Waals surface area contributed by atoms with E-state index in [9.17, 15) is 9.90 Å². The smallest absolute Gasteiger partial charge is 0.324 e. The molecule has 4 N–H and O–H groups in total. The van der Waals surface area contributed by atoms with Crippen molar-refractivity contribution in [3.05, 3.63) is 102 Å². The van der Waals surface area contributed by atoms with Crippen molar-refractivity contribution in [2.75, 3.05) is 6.54 Å². The molecule has 1 fully saturated rings. The molecule has 0 aliphatic carbocycles. The van der Waals surface area contributed by atoms with E-state index in [2.05, 4.69) is 46.1 Å². The third kappa shape index (κ3) is 6.70. The number of ether oxygens (including phenoxy) is 1. The number of carboxylic acids is 1. The number of halogens is 1. The van der Waals surface area contributed by atoms with E-state index in [1.54, 1.807) is 0 Å². The first-order chi connectivity index (χ1) is 17.6. The van der Waals surface area contributed by atoms with E-state index in [0.29, 0.717) is 13.0 Å². The molecule has 1 aromatic heterocycles. The van der Waals surface area contributed by atoms with Crippen LogP contribution in [-0.2, 0) is 24.2 Å². The molecule has 4 atom stereocenters. The maximum Gasteiger partial charge on any atom is 0.324 e. The van der Waals surface area contributed by atoms with E-state index in [1.165, 1.54) is 5.56 Å². The number of fused-ring (bicyclic) bond motifs is 1. The number of H-pyrrole nitrogens is 1. The Labute approximate surface area is 223 Å². The average Bonchev–Trinajstić information content (AvgIpc) is 3.41. The first kappa shape index (κ1) is 26.7. The molecule has 3 aromatic carbocycles. The molecule has 0 amide bonds. The molecule has 2 unspecified atom stereocenters. The predicted molar refractivity (Wildman–Crippen MR) is 148 cm³/mol. The van der Waals surface area contributed by atoms with Crippen LogP contribution in [0, 0.1) is 0 Å². The van der Waals surface area contributed by atoms with E-state index in [-0.39, 0.29) is 24.6 Å². The highest BCUT2D eigenvalue weighted by atomic mass is 35.5. The Morgan fingerprint density at radius 3 is 2.51 bits per heavy atom. The summed E-state index contributed by atoms with van der Waals surface area (Å²) in [6.45, 7) is 3.34. The summed E-state index contributed by atoms with van der Waals surface area (Å²) in [7, 11) is 0. The SMILES string of the molecule is CC(NCCc1ccc(OCc2ccccc2)cc1)NN1[C@H](C(=O)O)[C@@H]1Cc1c[nH]c2ccccc12.Cl. The Kier molecular flexibility index (Phi) is 8.84. The fourth-order valence-corrected chi connectivity index (χ4v) is 4.67. The van der Waals surface area contributed by atoms with E-state index in [1.807, 2.05) is 66.7 Å². The van der Waals surface area contributed by atoms with Crippen LogP contribution in [-0.4, -0.2) is 45.9 Å². The van der Waals surface area contributed by atoms with Crippen molar-refractivity contribution in [3.63, 3.8) is 0 Å². The predicted octanol–water partition coefficient (Wildman–Crippen LogP) is 4.53. The van der Waals surface area contributed by atoms with Gasteiger partial charge in [-0.05, 0) is 54.7 Å². The first-order valence-corrected chi connectivity index (χ1v) is 12.4. The van der Waals surface area contributed by atoms with E-state index in [0.717, 1.165) is 40.7 Å². The standard InChI is InChI=1S/C29H32N4O3.ClH/c1-20(30-16-15-21-11-13-24(14-12-21)36-19-22-7-3-2-4-8-22)32-33-27(28(33)29(34)35)17-23-18-31-26-10-6-5-9-25(23)26;/h2-14,18,20,27-28,30-32H,15-17,19H2,1H3,(H,34,35);1H/t20?,27-,28-,33?;/m0./s1. The van der Waals surface area contributed by atoms with Gasteiger partial charge in [-0.15, -0.1) is 12.4 Å². The lowest BCUT2D eigenvalue weighted by Gasteiger charge is -2.17. The number of aromatic amines is 1. The topological polar surface area (TPSA) is 89.4 Å². The third-order valence-electron chi connectivity index (χ3n) is 6.67. The summed E-state index contributed by atoms with van der Waals surface area (Å²) in [6, 6.07) is 25.8. The molecule has 0 spiro atoms. The zero-order valence-electron chi connectivity index (χ0n) is 20.8. The maximum absolute atomic E-state index is 11.8. The van der Waals surface area contributed by atoms with Crippen LogP contribution in [0.3, 0.4) is 0 Å². The van der Waals surface area contributed by atoms with Gasteiger partial charge in [0.05, 0.1) is 12.2 Å². The number of carboxylic acid groups (broad SMARTS) is 1. The second kappa shape index (κ2) is 12.3. The van der Waals surface area contributed by atoms with Gasteiger partial charge in [-0.2, -0.15) is 0 Å². The number of hydrogen-bond donors (Lipinski definition) is 4. The molecule has 37 heavy (non-hydrogen) atoms. The number of carbonyl (C=O) groups is 1. The number of aromatic nitrogens is 1. The third-order valence-corrected chi connectivity index (χ3v) is 6.67. The Morgan fingerprint density at radius 2 is 1.76 bits per heavy atom. The molecular weight excluding hydrogens is 488 g/mol. The van der Waals surface area contributed by atoms with Crippen molar-refractivity contribution < 1.29 is 14.6 Å². The van der Waals surface area contributed by atoms with Crippen molar-refractivity contribution in [2.24, 2.45) is 0 Å². The number of aliphatic carboxylic acids is 1. The highest BCUT2D eigenvalue weighted by Gasteiger charge is 2.53. The average molecular weight is 521 g/mol. The second-order valence-electron chi connectivity index (χ2n) is 9.29. The van der Waals surface area contributed by atoms with Crippen molar-refractivity contribution in [1.82, 2.24) is 20.7 Å². The molecule has 1 aliphatic heterocycles. The van der Waals surface area contributed by atoms with Crippen LogP contribution in [0.25, 0.3) is 10.9 Å². The monoisotopic (exact) mass is 520 g/mol. The van der Waals surface area contributed by atoms with E-state index >= 15 is 0 Å². The van der Waals surface area contributed by atoms with Crippen LogP contribution in [0.2, 0.25) is 0 Å². The summed E-state index contributed by atoms with van der Waals surface area (Å²) >= 11 is 0. The lowest BCUT2D eigenvalue weighted by atomic mass is 10.1. The Hall–Kier alpha value is -3.36. The van der Waals surface area contributed by atoms with Crippen molar-refractivity contribution in [3.8, 4) is 5.75 Å². The molecule has 4 aromatic rings. The minimum Gasteiger partial charge on any atom is -0.489 e. The van der Waals surface area contributed by atoms with Gasteiger partial charge < -0.3 is 20.1 Å². The van der Waals surface area contributed by atoms with E-state index in [4.69, 9.17) is 4.74 Å². The van der Waals surface area contributed by atoms with Gasteiger partial charge in [-0.25, -0.2) is 10.4 Å². The molecule has 1 aliphatic rings. The Morgan fingerprint density at radius 1 is 1.03 bits per heavy atom. The fourth-order valence-electron chi connectivity index (χ4n) is 4.67. The van der Waals surface area contributed by atoms with Gasteiger partial charge in [-0.1, -0.05) is 60.7 Å². The number of benzene rings is 3. The second-order valence-corrected chi connectivity index (χ2v) is 9.29. The molecule has 0 saturated carbocycles. The van der Waals surface area contributed by atoms with Crippen LogP contribution in [0.5, 0.6) is 5.75 Å². The highest BCUT2D eigenvalue weighted by molar-refractivity contribution is 5.85. The van der Waals surface area contributed by atoms with Crippen LogP contribution < -0.4 is 15.5 Å². The van der Waals surface area contributed by atoms with Gasteiger partial charge in [0, 0.05) is 23.6 Å². The van der Waals surface area contributed by atoms with E-state index < -0.39 is 12.0 Å². The van der Waals surface area contributed by atoms with Crippen molar-refractivity contribution >= 4 is 29.3 Å². The Balaban J connectivity index is 0.00000320. The normalized spacial score (nSPS) is 19.2. The number of rotatable bonds is 12. The number of hydrogen-bond acceptors (Lipinski definition) is 5. The fraction of sp³-hybridized carbons (Fsp3) is 0.276. The minimum atomic E-state index is -0.797. The largest absolute Gasteiger partial charge is 0.489 e. The van der Waals surface area contributed by atoms with Crippen molar-refractivity contribution in [1.29, 1.82) is 0 Å².